The monoisotopic (exact) mass is 258 g/mol. The molecule has 0 saturated heterocycles. The number of nitrogens with one attached hydrogen (secondary N) is 2. The van der Waals surface area contributed by atoms with Crippen LogP contribution in [0.3, 0.4) is 0 Å². The molecule has 0 atom stereocenters. The number of amides is 1. The summed E-state index contributed by atoms with van der Waals surface area (Å²) in [6.45, 7) is 4.78. The predicted molar refractivity (Wildman–Crippen MR) is 76.5 cm³/mol. The van der Waals surface area contributed by atoms with Gasteiger partial charge in [0, 0.05) is 30.9 Å². The third-order valence-electron chi connectivity index (χ3n) is 2.77. The van der Waals surface area contributed by atoms with E-state index in [1.165, 1.54) is 0 Å². The smallest absolute Gasteiger partial charge is 0.256 e. The molecule has 1 amide bonds. The van der Waals surface area contributed by atoms with Crippen LogP contribution in [0.2, 0.25) is 0 Å². The minimum Gasteiger partial charge on any atom is -0.385 e. The summed E-state index contributed by atoms with van der Waals surface area (Å²) in [6.07, 6.45) is 0. The van der Waals surface area contributed by atoms with E-state index in [2.05, 4.69) is 15.7 Å². The van der Waals surface area contributed by atoms with Gasteiger partial charge in [0.1, 0.15) is 5.82 Å². The van der Waals surface area contributed by atoms with E-state index in [1.807, 2.05) is 32.0 Å². The Morgan fingerprint density at radius 2 is 2.00 bits per heavy atom. The molecule has 0 radical (unpaired) electrons. The number of carbonyl (C=O) groups is 1. The van der Waals surface area contributed by atoms with Crippen molar-refractivity contribution in [2.75, 3.05) is 17.2 Å². The van der Waals surface area contributed by atoms with Gasteiger partial charge in [-0.1, -0.05) is 0 Å². The van der Waals surface area contributed by atoms with E-state index < -0.39 is 0 Å². The molecule has 2 rings (SSSR count). The summed E-state index contributed by atoms with van der Waals surface area (Å²) >= 11 is 0. The van der Waals surface area contributed by atoms with E-state index in [-0.39, 0.29) is 5.91 Å². The Balaban J connectivity index is 2.09. The molecule has 1 heterocycles. The zero-order valence-electron chi connectivity index (χ0n) is 11.4. The van der Waals surface area contributed by atoms with Crippen LogP contribution in [0.15, 0.2) is 30.3 Å². The standard InChI is InChI=1S/C14H18N4O/c1-4-15-12-7-5-11(6-8-12)14(19)16-13-9-10(2)17-18(13)3/h5-9,15H,4H2,1-3H3,(H,16,19). The maximum absolute atomic E-state index is 12.1. The highest BCUT2D eigenvalue weighted by molar-refractivity contribution is 6.04. The average molecular weight is 258 g/mol. The van der Waals surface area contributed by atoms with Gasteiger partial charge in [-0.2, -0.15) is 5.10 Å². The van der Waals surface area contributed by atoms with E-state index in [1.54, 1.807) is 23.9 Å². The zero-order valence-corrected chi connectivity index (χ0v) is 11.4. The lowest BCUT2D eigenvalue weighted by Gasteiger charge is -2.07. The molecule has 100 valence electrons. The summed E-state index contributed by atoms with van der Waals surface area (Å²) in [5.74, 6) is 0.560. The van der Waals surface area contributed by atoms with Crippen LogP contribution in [0.1, 0.15) is 23.0 Å². The van der Waals surface area contributed by atoms with Gasteiger partial charge in [-0.15, -0.1) is 0 Å². The number of aromatic nitrogens is 2. The second-order valence-corrected chi connectivity index (χ2v) is 4.36. The molecule has 2 N–H and O–H groups in total. The number of hydrogen-bond donors (Lipinski definition) is 2. The molecule has 0 aliphatic carbocycles. The van der Waals surface area contributed by atoms with Crippen LogP contribution in [-0.2, 0) is 7.05 Å². The molecule has 0 unspecified atom stereocenters. The minimum atomic E-state index is -0.133. The Morgan fingerprint density at radius 3 is 2.53 bits per heavy atom. The summed E-state index contributed by atoms with van der Waals surface area (Å²) in [6, 6.07) is 9.23. The van der Waals surface area contributed by atoms with Crippen LogP contribution >= 0.6 is 0 Å². The van der Waals surface area contributed by atoms with E-state index in [4.69, 9.17) is 0 Å². The van der Waals surface area contributed by atoms with Gasteiger partial charge in [0.15, 0.2) is 0 Å². The Labute approximate surface area is 112 Å². The van der Waals surface area contributed by atoms with E-state index >= 15 is 0 Å². The quantitative estimate of drug-likeness (QED) is 0.885. The molecule has 0 spiro atoms. The molecule has 0 fully saturated rings. The molecular formula is C14H18N4O. The van der Waals surface area contributed by atoms with Gasteiger partial charge in [-0.05, 0) is 38.1 Å². The van der Waals surface area contributed by atoms with Gasteiger partial charge in [0.25, 0.3) is 5.91 Å². The fraction of sp³-hybridized carbons (Fsp3) is 0.286. The van der Waals surface area contributed by atoms with Crippen LogP contribution in [0, 0.1) is 6.92 Å². The molecule has 5 heteroatoms. The molecule has 19 heavy (non-hydrogen) atoms. The van der Waals surface area contributed by atoms with Crippen LogP contribution in [-0.4, -0.2) is 22.2 Å². The molecule has 0 saturated carbocycles. The molecule has 0 bridgehead atoms. The number of hydrogen-bond acceptors (Lipinski definition) is 3. The van der Waals surface area contributed by atoms with E-state index in [9.17, 15) is 4.79 Å². The molecule has 1 aromatic carbocycles. The Bertz CT molecular complexity index is 572. The fourth-order valence-electron chi connectivity index (χ4n) is 1.86. The van der Waals surface area contributed by atoms with Crippen molar-refractivity contribution in [2.45, 2.75) is 13.8 Å². The fourth-order valence-corrected chi connectivity index (χ4v) is 1.86. The third kappa shape index (κ3) is 3.13. The van der Waals surface area contributed by atoms with Crippen molar-refractivity contribution >= 4 is 17.4 Å². The molecule has 1 aromatic heterocycles. The summed E-state index contributed by atoms with van der Waals surface area (Å²) in [7, 11) is 1.80. The topological polar surface area (TPSA) is 59.0 Å². The highest BCUT2D eigenvalue weighted by Crippen LogP contribution is 2.13. The highest BCUT2D eigenvalue weighted by Gasteiger charge is 2.09. The lowest BCUT2D eigenvalue weighted by Crippen LogP contribution is -2.14. The summed E-state index contributed by atoms with van der Waals surface area (Å²) in [5.41, 5.74) is 2.51. The van der Waals surface area contributed by atoms with Gasteiger partial charge in [0.2, 0.25) is 0 Å². The minimum absolute atomic E-state index is 0.133. The van der Waals surface area contributed by atoms with Gasteiger partial charge in [0.05, 0.1) is 5.69 Å². The second kappa shape index (κ2) is 5.56. The van der Waals surface area contributed by atoms with Crippen molar-refractivity contribution in [1.29, 1.82) is 0 Å². The zero-order chi connectivity index (χ0) is 13.8. The number of benzene rings is 1. The van der Waals surface area contributed by atoms with Crippen molar-refractivity contribution in [2.24, 2.45) is 7.05 Å². The van der Waals surface area contributed by atoms with Crippen molar-refractivity contribution in [3.8, 4) is 0 Å². The first kappa shape index (κ1) is 13.1. The Morgan fingerprint density at radius 1 is 1.32 bits per heavy atom. The third-order valence-corrected chi connectivity index (χ3v) is 2.77. The van der Waals surface area contributed by atoms with E-state index in [0.717, 1.165) is 17.9 Å². The van der Waals surface area contributed by atoms with Crippen LogP contribution in [0.4, 0.5) is 11.5 Å². The van der Waals surface area contributed by atoms with E-state index in [0.29, 0.717) is 11.4 Å². The maximum Gasteiger partial charge on any atom is 0.256 e. The van der Waals surface area contributed by atoms with Crippen LogP contribution in [0.25, 0.3) is 0 Å². The lowest BCUT2D eigenvalue weighted by molar-refractivity contribution is 0.102. The number of anilines is 2. The maximum atomic E-state index is 12.1. The molecular weight excluding hydrogens is 240 g/mol. The Hall–Kier alpha value is -2.30. The molecule has 5 nitrogen and oxygen atoms in total. The first-order chi connectivity index (χ1) is 9.10. The van der Waals surface area contributed by atoms with Crippen molar-refractivity contribution < 1.29 is 4.79 Å². The molecule has 0 aliphatic heterocycles. The number of nitrogens with zero attached hydrogens (tertiary/aromatic N) is 2. The van der Waals surface area contributed by atoms with Crippen molar-refractivity contribution in [3.63, 3.8) is 0 Å². The number of aryl methyl sites for hydroxylation is 2. The molecule has 0 aliphatic rings. The first-order valence-electron chi connectivity index (χ1n) is 6.26. The van der Waals surface area contributed by atoms with Gasteiger partial charge < -0.3 is 10.6 Å². The SMILES string of the molecule is CCNc1ccc(C(=O)Nc2cc(C)nn2C)cc1. The summed E-state index contributed by atoms with van der Waals surface area (Å²) in [4.78, 5) is 12.1. The highest BCUT2D eigenvalue weighted by atomic mass is 16.1. The summed E-state index contributed by atoms with van der Waals surface area (Å²) in [5, 5.41) is 10.2. The largest absolute Gasteiger partial charge is 0.385 e. The van der Waals surface area contributed by atoms with Gasteiger partial charge in [-0.25, -0.2) is 0 Å². The molecule has 2 aromatic rings. The predicted octanol–water partition coefficient (Wildman–Crippen LogP) is 2.41. The van der Waals surface area contributed by atoms with Gasteiger partial charge in [-0.3, -0.25) is 9.48 Å². The number of rotatable bonds is 4. The van der Waals surface area contributed by atoms with Crippen molar-refractivity contribution in [1.82, 2.24) is 9.78 Å². The summed E-state index contributed by atoms with van der Waals surface area (Å²) < 4.78 is 1.65. The number of carbonyl (C=O) groups excluding carboxylic acids is 1. The van der Waals surface area contributed by atoms with Crippen LogP contribution in [0.5, 0.6) is 0 Å². The van der Waals surface area contributed by atoms with Crippen molar-refractivity contribution in [3.05, 3.63) is 41.6 Å². The second-order valence-electron chi connectivity index (χ2n) is 4.36. The van der Waals surface area contributed by atoms with Crippen LogP contribution < -0.4 is 10.6 Å². The Kier molecular flexibility index (Phi) is 3.85. The lowest BCUT2D eigenvalue weighted by atomic mass is 10.2. The normalized spacial score (nSPS) is 10.3. The first-order valence-corrected chi connectivity index (χ1v) is 6.26. The van der Waals surface area contributed by atoms with Gasteiger partial charge >= 0.3 is 0 Å². The average Bonchev–Trinajstić information content (AvgIpc) is 2.69.